The highest BCUT2D eigenvalue weighted by Crippen LogP contribution is 2.15. The minimum absolute atomic E-state index is 0.406. The summed E-state index contributed by atoms with van der Waals surface area (Å²) in [6, 6.07) is 6.70. The van der Waals surface area contributed by atoms with Gasteiger partial charge in [0.25, 0.3) is 0 Å². The van der Waals surface area contributed by atoms with Gasteiger partial charge in [-0.15, -0.1) is 0 Å². The second-order valence-corrected chi connectivity index (χ2v) is 5.12. The van der Waals surface area contributed by atoms with Gasteiger partial charge in [0.15, 0.2) is 0 Å². The van der Waals surface area contributed by atoms with E-state index in [1.54, 1.807) is 0 Å². The smallest absolute Gasteiger partial charge is 0.0917 e. The molecular formula is C13H19BrN2. The van der Waals surface area contributed by atoms with Gasteiger partial charge in [0, 0.05) is 17.1 Å². The monoisotopic (exact) mass is 282 g/mol. The van der Waals surface area contributed by atoms with Gasteiger partial charge in [0.05, 0.1) is 5.82 Å². The number of aryl methyl sites for hydroxylation is 1. The van der Waals surface area contributed by atoms with Gasteiger partial charge in [0.1, 0.15) is 0 Å². The van der Waals surface area contributed by atoms with Crippen molar-refractivity contribution in [2.45, 2.75) is 33.4 Å². The first-order valence-corrected chi connectivity index (χ1v) is 6.22. The predicted octanol–water partition coefficient (Wildman–Crippen LogP) is 3.32. The van der Waals surface area contributed by atoms with Crippen LogP contribution in [0.15, 0.2) is 35.1 Å². The Morgan fingerprint density at radius 1 is 1.44 bits per heavy atom. The summed E-state index contributed by atoms with van der Waals surface area (Å²) in [6.07, 6.45) is 0. The summed E-state index contributed by atoms with van der Waals surface area (Å²) in [6.45, 7) is 11.0. The van der Waals surface area contributed by atoms with Crippen LogP contribution in [-0.2, 0) is 6.54 Å². The molecule has 0 aliphatic carbocycles. The summed E-state index contributed by atoms with van der Waals surface area (Å²) in [5.74, 6) is 0.870. The molecule has 0 heterocycles. The molecule has 0 saturated heterocycles. The minimum atomic E-state index is 0.406. The molecular weight excluding hydrogens is 264 g/mol. The van der Waals surface area contributed by atoms with Gasteiger partial charge >= 0.3 is 0 Å². The van der Waals surface area contributed by atoms with Crippen LogP contribution < -0.4 is 10.6 Å². The Labute approximate surface area is 106 Å². The SMILES string of the molecule is C=C(NCc1cc(Br)ccc1C)NC(C)C. The lowest BCUT2D eigenvalue weighted by molar-refractivity contribution is 0.609. The summed E-state index contributed by atoms with van der Waals surface area (Å²) in [7, 11) is 0. The molecule has 0 radical (unpaired) electrons. The lowest BCUT2D eigenvalue weighted by atomic mass is 10.1. The highest BCUT2D eigenvalue weighted by atomic mass is 79.9. The van der Waals surface area contributed by atoms with Crippen molar-refractivity contribution in [1.82, 2.24) is 10.6 Å². The lowest BCUT2D eigenvalue weighted by Crippen LogP contribution is -2.30. The summed E-state index contributed by atoms with van der Waals surface area (Å²) in [5.41, 5.74) is 2.56. The maximum absolute atomic E-state index is 3.93. The van der Waals surface area contributed by atoms with Crippen molar-refractivity contribution in [3.8, 4) is 0 Å². The number of halogens is 1. The van der Waals surface area contributed by atoms with Crippen LogP contribution in [0.3, 0.4) is 0 Å². The molecule has 0 aromatic heterocycles. The number of hydrogen-bond donors (Lipinski definition) is 2. The zero-order valence-corrected chi connectivity index (χ0v) is 11.7. The van der Waals surface area contributed by atoms with E-state index < -0.39 is 0 Å². The molecule has 0 spiro atoms. The molecule has 1 aromatic carbocycles. The highest BCUT2D eigenvalue weighted by Gasteiger charge is 2.00. The van der Waals surface area contributed by atoms with E-state index in [-0.39, 0.29) is 0 Å². The largest absolute Gasteiger partial charge is 0.370 e. The van der Waals surface area contributed by atoms with Crippen LogP contribution in [0.25, 0.3) is 0 Å². The van der Waals surface area contributed by atoms with Crippen molar-refractivity contribution in [2.24, 2.45) is 0 Å². The molecule has 88 valence electrons. The first kappa shape index (κ1) is 13.1. The fourth-order valence-corrected chi connectivity index (χ4v) is 1.84. The average molecular weight is 283 g/mol. The van der Waals surface area contributed by atoms with E-state index in [1.165, 1.54) is 11.1 Å². The van der Waals surface area contributed by atoms with E-state index in [0.717, 1.165) is 16.8 Å². The summed E-state index contributed by atoms with van der Waals surface area (Å²) in [4.78, 5) is 0. The van der Waals surface area contributed by atoms with E-state index in [0.29, 0.717) is 6.04 Å². The van der Waals surface area contributed by atoms with Crippen LogP contribution in [0.5, 0.6) is 0 Å². The van der Waals surface area contributed by atoms with Crippen molar-refractivity contribution < 1.29 is 0 Å². The average Bonchev–Trinajstić information content (AvgIpc) is 2.18. The van der Waals surface area contributed by atoms with Crippen LogP contribution >= 0.6 is 15.9 Å². The van der Waals surface area contributed by atoms with Gasteiger partial charge in [0.2, 0.25) is 0 Å². The van der Waals surface area contributed by atoms with Gasteiger partial charge in [-0.1, -0.05) is 28.6 Å². The van der Waals surface area contributed by atoms with Crippen LogP contribution in [0.2, 0.25) is 0 Å². The Hall–Kier alpha value is -0.960. The molecule has 1 aromatic rings. The Morgan fingerprint density at radius 2 is 2.12 bits per heavy atom. The molecule has 2 nitrogen and oxygen atoms in total. The van der Waals surface area contributed by atoms with E-state index in [1.807, 2.05) is 0 Å². The third kappa shape index (κ3) is 4.27. The van der Waals surface area contributed by atoms with Gasteiger partial charge < -0.3 is 10.6 Å². The topological polar surface area (TPSA) is 24.1 Å². The number of benzene rings is 1. The molecule has 0 aliphatic rings. The molecule has 0 aliphatic heterocycles. The normalized spacial score (nSPS) is 10.3. The van der Waals surface area contributed by atoms with Crippen molar-refractivity contribution in [3.63, 3.8) is 0 Å². The number of hydrogen-bond acceptors (Lipinski definition) is 2. The van der Waals surface area contributed by atoms with Crippen molar-refractivity contribution in [3.05, 3.63) is 46.2 Å². The zero-order valence-electron chi connectivity index (χ0n) is 10.1. The molecule has 0 saturated carbocycles. The molecule has 3 heteroatoms. The van der Waals surface area contributed by atoms with Crippen molar-refractivity contribution in [1.29, 1.82) is 0 Å². The number of nitrogens with one attached hydrogen (secondary N) is 2. The molecule has 0 amide bonds. The van der Waals surface area contributed by atoms with Crippen molar-refractivity contribution >= 4 is 15.9 Å². The minimum Gasteiger partial charge on any atom is -0.370 e. The van der Waals surface area contributed by atoms with E-state index in [4.69, 9.17) is 0 Å². The maximum Gasteiger partial charge on any atom is 0.0917 e. The van der Waals surface area contributed by atoms with Gasteiger partial charge in [-0.3, -0.25) is 0 Å². The highest BCUT2D eigenvalue weighted by molar-refractivity contribution is 9.10. The third-order valence-electron chi connectivity index (χ3n) is 2.27. The fourth-order valence-electron chi connectivity index (χ4n) is 1.43. The maximum atomic E-state index is 3.93. The molecule has 0 bridgehead atoms. The molecule has 0 fully saturated rings. The Morgan fingerprint density at radius 3 is 2.75 bits per heavy atom. The van der Waals surface area contributed by atoms with E-state index >= 15 is 0 Å². The molecule has 2 N–H and O–H groups in total. The second kappa shape index (κ2) is 5.94. The summed E-state index contributed by atoms with van der Waals surface area (Å²) >= 11 is 3.48. The Bertz CT molecular complexity index is 372. The Balaban J connectivity index is 2.54. The molecule has 16 heavy (non-hydrogen) atoms. The molecule has 0 atom stereocenters. The van der Waals surface area contributed by atoms with Gasteiger partial charge in [-0.2, -0.15) is 0 Å². The van der Waals surface area contributed by atoms with Crippen LogP contribution in [0, 0.1) is 6.92 Å². The van der Waals surface area contributed by atoms with Gasteiger partial charge in [-0.05, 0) is 44.0 Å². The Kier molecular flexibility index (Phi) is 4.87. The van der Waals surface area contributed by atoms with E-state index in [2.05, 4.69) is 72.1 Å². The van der Waals surface area contributed by atoms with E-state index in [9.17, 15) is 0 Å². The quantitative estimate of drug-likeness (QED) is 0.866. The molecule has 0 unspecified atom stereocenters. The molecule has 1 rings (SSSR count). The second-order valence-electron chi connectivity index (χ2n) is 4.20. The predicted molar refractivity (Wildman–Crippen MR) is 73.1 cm³/mol. The van der Waals surface area contributed by atoms with Crippen LogP contribution in [-0.4, -0.2) is 6.04 Å². The van der Waals surface area contributed by atoms with Gasteiger partial charge in [-0.25, -0.2) is 0 Å². The van der Waals surface area contributed by atoms with Crippen molar-refractivity contribution in [2.75, 3.05) is 0 Å². The first-order chi connectivity index (χ1) is 7.49. The lowest BCUT2D eigenvalue weighted by Gasteiger charge is -2.15. The third-order valence-corrected chi connectivity index (χ3v) is 2.76. The van der Waals surface area contributed by atoms with Crippen LogP contribution in [0.4, 0.5) is 0 Å². The standard InChI is InChI=1S/C13H19BrN2/c1-9(2)16-11(4)15-8-12-7-13(14)6-5-10(12)3/h5-7,9,15-16H,4,8H2,1-3H3. The first-order valence-electron chi connectivity index (χ1n) is 5.43. The summed E-state index contributed by atoms with van der Waals surface area (Å²) < 4.78 is 1.11. The summed E-state index contributed by atoms with van der Waals surface area (Å²) in [5, 5.41) is 6.50. The number of rotatable bonds is 5. The fraction of sp³-hybridized carbons (Fsp3) is 0.385. The zero-order chi connectivity index (χ0) is 12.1. The van der Waals surface area contributed by atoms with Crippen LogP contribution in [0.1, 0.15) is 25.0 Å².